The van der Waals surface area contributed by atoms with Gasteiger partial charge in [0, 0.05) is 6.61 Å². The smallest absolute Gasteiger partial charge is 0.316 e. The van der Waals surface area contributed by atoms with Crippen LogP contribution in [0.5, 0.6) is 0 Å². The molecule has 30 heavy (non-hydrogen) atoms. The SMILES string of the molecule is C/C=C/CC(C(=O)OCC)C(=O)C(CCC(CC)OC1CCCCO1)C(=O)OCC. The normalized spacial score (nSPS) is 19.8. The standard InChI is InChI=1S/C23H38O7/c1-5-9-12-18(22(25)27-7-3)21(24)19(23(26)28-8-4)15-14-17(6-2)30-20-13-10-11-16-29-20/h5,9,17-20H,6-8,10-16H2,1-4H3/b9-5+. The molecule has 0 saturated carbocycles. The summed E-state index contributed by atoms with van der Waals surface area (Å²) in [5.74, 6) is -3.68. The summed E-state index contributed by atoms with van der Waals surface area (Å²) >= 11 is 0. The van der Waals surface area contributed by atoms with Crippen LogP contribution in [0.15, 0.2) is 12.2 Å². The second-order valence-corrected chi connectivity index (χ2v) is 7.36. The maximum Gasteiger partial charge on any atom is 0.316 e. The first-order valence-corrected chi connectivity index (χ1v) is 11.2. The first-order chi connectivity index (χ1) is 14.5. The molecule has 0 amide bonds. The van der Waals surface area contributed by atoms with Crippen LogP contribution in [0.2, 0.25) is 0 Å². The fraction of sp³-hybridized carbons (Fsp3) is 0.783. The minimum Gasteiger partial charge on any atom is -0.465 e. The Hall–Kier alpha value is -1.73. The third-order valence-corrected chi connectivity index (χ3v) is 5.15. The summed E-state index contributed by atoms with van der Waals surface area (Å²) in [6, 6.07) is 0. The molecule has 1 fully saturated rings. The van der Waals surface area contributed by atoms with E-state index in [-0.39, 0.29) is 38.4 Å². The van der Waals surface area contributed by atoms with Crippen molar-refractivity contribution in [1.82, 2.24) is 0 Å². The summed E-state index contributed by atoms with van der Waals surface area (Å²) in [6.45, 7) is 8.24. The molecule has 0 aromatic carbocycles. The van der Waals surface area contributed by atoms with E-state index in [0.717, 1.165) is 25.7 Å². The molecule has 7 nitrogen and oxygen atoms in total. The minimum absolute atomic E-state index is 0.130. The Kier molecular flexibility index (Phi) is 13.3. The van der Waals surface area contributed by atoms with Crippen LogP contribution in [0.25, 0.3) is 0 Å². The van der Waals surface area contributed by atoms with Crippen LogP contribution in [0.1, 0.15) is 72.6 Å². The Balaban J connectivity index is 2.87. The Morgan fingerprint density at radius 1 is 1.00 bits per heavy atom. The van der Waals surface area contributed by atoms with Gasteiger partial charge >= 0.3 is 11.9 Å². The van der Waals surface area contributed by atoms with Gasteiger partial charge < -0.3 is 18.9 Å². The van der Waals surface area contributed by atoms with E-state index in [1.165, 1.54) is 0 Å². The van der Waals surface area contributed by atoms with Crippen molar-refractivity contribution in [3.05, 3.63) is 12.2 Å². The molecule has 1 heterocycles. The summed E-state index contributed by atoms with van der Waals surface area (Å²) in [5, 5.41) is 0. The van der Waals surface area contributed by atoms with Crippen molar-refractivity contribution in [2.24, 2.45) is 11.8 Å². The van der Waals surface area contributed by atoms with Gasteiger partial charge in [0.2, 0.25) is 0 Å². The van der Waals surface area contributed by atoms with Crippen LogP contribution in [-0.2, 0) is 33.3 Å². The van der Waals surface area contributed by atoms with Crippen LogP contribution in [-0.4, -0.2) is 49.9 Å². The molecule has 0 radical (unpaired) electrons. The van der Waals surface area contributed by atoms with Crippen molar-refractivity contribution in [2.75, 3.05) is 19.8 Å². The highest BCUT2D eigenvalue weighted by molar-refractivity contribution is 6.08. The highest BCUT2D eigenvalue weighted by Gasteiger charge is 2.37. The van der Waals surface area contributed by atoms with Crippen LogP contribution >= 0.6 is 0 Å². The molecule has 0 aromatic heterocycles. The number of hydrogen-bond donors (Lipinski definition) is 0. The van der Waals surface area contributed by atoms with Gasteiger partial charge in [-0.1, -0.05) is 19.1 Å². The summed E-state index contributed by atoms with van der Waals surface area (Å²) in [7, 11) is 0. The number of ketones is 1. The van der Waals surface area contributed by atoms with Crippen molar-refractivity contribution in [3.8, 4) is 0 Å². The number of Topliss-reactive ketones (excluding diaryl/α,β-unsaturated/α-hetero) is 1. The maximum atomic E-state index is 13.2. The lowest BCUT2D eigenvalue weighted by molar-refractivity contribution is -0.190. The largest absolute Gasteiger partial charge is 0.465 e. The van der Waals surface area contributed by atoms with Crippen molar-refractivity contribution >= 4 is 17.7 Å². The van der Waals surface area contributed by atoms with Gasteiger partial charge in [-0.2, -0.15) is 0 Å². The highest BCUT2D eigenvalue weighted by atomic mass is 16.7. The second-order valence-electron chi connectivity index (χ2n) is 7.36. The van der Waals surface area contributed by atoms with E-state index < -0.39 is 29.6 Å². The zero-order valence-electron chi connectivity index (χ0n) is 18.9. The molecule has 172 valence electrons. The quantitative estimate of drug-likeness (QED) is 0.236. The fourth-order valence-electron chi connectivity index (χ4n) is 3.46. The number of allylic oxidation sites excluding steroid dienone is 2. The first kappa shape index (κ1) is 26.3. The van der Waals surface area contributed by atoms with Gasteiger partial charge in [0.1, 0.15) is 11.8 Å². The molecular weight excluding hydrogens is 388 g/mol. The lowest BCUT2D eigenvalue weighted by Crippen LogP contribution is -2.37. The third kappa shape index (κ3) is 8.96. The van der Waals surface area contributed by atoms with Gasteiger partial charge in [-0.05, 0) is 65.7 Å². The monoisotopic (exact) mass is 426 g/mol. The predicted molar refractivity (Wildman–Crippen MR) is 113 cm³/mol. The number of hydrogen-bond acceptors (Lipinski definition) is 7. The average molecular weight is 427 g/mol. The van der Waals surface area contributed by atoms with E-state index in [1.807, 2.05) is 13.8 Å². The number of carbonyl (C=O) groups is 3. The zero-order chi connectivity index (χ0) is 22.4. The Bertz CT molecular complexity index is 552. The summed E-state index contributed by atoms with van der Waals surface area (Å²) < 4.78 is 21.9. The van der Waals surface area contributed by atoms with Crippen molar-refractivity contribution < 1.29 is 33.3 Å². The van der Waals surface area contributed by atoms with Gasteiger partial charge in [0.15, 0.2) is 12.1 Å². The third-order valence-electron chi connectivity index (χ3n) is 5.15. The van der Waals surface area contributed by atoms with Gasteiger partial charge in [0.05, 0.1) is 19.3 Å². The predicted octanol–water partition coefficient (Wildman–Crippen LogP) is 3.98. The molecule has 0 spiro atoms. The average Bonchev–Trinajstić information content (AvgIpc) is 2.74. The summed E-state index contributed by atoms with van der Waals surface area (Å²) in [4.78, 5) is 38.1. The fourth-order valence-corrected chi connectivity index (χ4v) is 3.46. The molecular formula is C23H38O7. The van der Waals surface area contributed by atoms with Crippen molar-refractivity contribution in [1.29, 1.82) is 0 Å². The van der Waals surface area contributed by atoms with Gasteiger partial charge in [-0.3, -0.25) is 14.4 Å². The Morgan fingerprint density at radius 2 is 1.67 bits per heavy atom. The summed E-state index contributed by atoms with van der Waals surface area (Å²) in [5.41, 5.74) is 0. The number of esters is 2. The van der Waals surface area contributed by atoms with Crippen LogP contribution in [0, 0.1) is 11.8 Å². The van der Waals surface area contributed by atoms with E-state index in [4.69, 9.17) is 18.9 Å². The number of ether oxygens (including phenoxy) is 4. The molecule has 7 heteroatoms. The molecule has 1 rings (SSSR count). The van der Waals surface area contributed by atoms with E-state index in [2.05, 4.69) is 0 Å². The molecule has 1 aliphatic heterocycles. The molecule has 4 unspecified atom stereocenters. The molecule has 0 bridgehead atoms. The van der Waals surface area contributed by atoms with E-state index in [0.29, 0.717) is 13.0 Å². The Morgan fingerprint density at radius 3 is 2.20 bits per heavy atom. The molecule has 0 aromatic rings. The highest BCUT2D eigenvalue weighted by Crippen LogP contribution is 2.24. The van der Waals surface area contributed by atoms with Crippen LogP contribution in [0.3, 0.4) is 0 Å². The lowest BCUT2D eigenvalue weighted by atomic mass is 9.86. The van der Waals surface area contributed by atoms with E-state index in [9.17, 15) is 14.4 Å². The topological polar surface area (TPSA) is 88.1 Å². The minimum atomic E-state index is -1.02. The van der Waals surface area contributed by atoms with Gasteiger partial charge in [-0.25, -0.2) is 0 Å². The van der Waals surface area contributed by atoms with Crippen molar-refractivity contribution in [3.63, 3.8) is 0 Å². The molecule has 4 atom stereocenters. The van der Waals surface area contributed by atoms with Crippen LogP contribution < -0.4 is 0 Å². The van der Waals surface area contributed by atoms with Crippen molar-refractivity contribution in [2.45, 2.75) is 85.0 Å². The second kappa shape index (κ2) is 15.1. The molecule has 0 N–H and O–H groups in total. The maximum absolute atomic E-state index is 13.2. The van der Waals surface area contributed by atoms with E-state index in [1.54, 1.807) is 26.0 Å². The number of rotatable bonds is 14. The summed E-state index contributed by atoms with van der Waals surface area (Å²) in [6.07, 6.45) is 7.80. The lowest BCUT2D eigenvalue weighted by Gasteiger charge is -2.28. The first-order valence-electron chi connectivity index (χ1n) is 11.2. The van der Waals surface area contributed by atoms with Gasteiger partial charge in [-0.15, -0.1) is 0 Å². The molecule has 0 aliphatic carbocycles. The molecule has 1 aliphatic rings. The Labute approximate surface area is 180 Å². The zero-order valence-corrected chi connectivity index (χ0v) is 18.9. The van der Waals surface area contributed by atoms with Gasteiger partial charge in [0.25, 0.3) is 0 Å². The number of carbonyl (C=O) groups excluding carboxylic acids is 3. The van der Waals surface area contributed by atoms with E-state index >= 15 is 0 Å². The van der Waals surface area contributed by atoms with Crippen LogP contribution in [0.4, 0.5) is 0 Å². The molecule has 1 saturated heterocycles.